The van der Waals surface area contributed by atoms with Crippen LogP contribution in [0.15, 0.2) is 83.9 Å². The number of esters is 1. The number of rotatable bonds is 7. The third-order valence-electron chi connectivity index (χ3n) is 4.07. The summed E-state index contributed by atoms with van der Waals surface area (Å²) in [5, 5.41) is 0. The molecule has 3 aromatic rings. The Morgan fingerprint density at radius 3 is 2.43 bits per heavy atom. The number of ether oxygens (including phenoxy) is 1. The fraction of sp³-hybridized carbons (Fsp3) is 0.143. The van der Waals surface area contributed by atoms with Gasteiger partial charge in [0.1, 0.15) is 6.61 Å². The summed E-state index contributed by atoms with van der Waals surface area (Å²) in [6.45, 7) is 2.04. The third kappa shape index (κ3) is 4.37. The lowest BCUT2D eigenvalue weighted by Crippen LogP contribution is -2.30. The minimum Gasteiger partial charge on any atom is -0.456 e. The number of aromatic nitrogens is 1. The third-order valence-corrected chi connectivity index (χ3v) is 5.97. The summed E-state index contributed by atoms with van der Waals surface area (Å²) in [4.78, 5) is 16.5. The Kier molecular flexibility index (Phi) is 6.06. The van der Waals surface area contributed by atoms with E-state index in [0.29, 0.717) is 11.4 Å². The monoisotopic (exact) mass is 396 g/mol. The van der Waals surface area contributed by atoms with E-state index < -0.39 is 16.0 Å². The maximum Gasteiger partial charge on any atom is 0.338 e. The molecule has 0 N–H and O–H groups in total. The van der Waals surface area contributed by atoms with E-state index in [-0.39, 0.29) is 23.6 Å². The van der Waals surface area contributed by atoms with E-state index >= 15 is 0 Å². The quantitative estimate of drug-likeness (QED) is 0.570. The Morgan fingerprint density at radius 2 is 1.75 bits per heavy atom. The fourth-order valence-electron chi connectivity index (χ4n) is 2.70. The van der Waals surface area contributed by atoms with E-state index in [4.69, 9.17) is 4.74 Å². The lowest BCUT2D eigenvalue weighted by molar-refractivity contribution is 0.0467. The van der Waals surface area contributed by atoms with Crippen molar-refractivity contribution in [1.29, 1.82) is 0 Å². The number of carbonyl (C=O) groups excluding carboxylic acids is 1. The molecule has 0 atom stereocenters. The van der Waals surface area contributed by atoms with Crippen LogP contribution in [0, 0.1) is 0 Å². The molecular weight excluding hydrogens is 376 g/mol. The van der Waals surface area contributed by atoms with E-state index in [1.807, 2.05) is 6.07 Å². The van der Waals surface area contributed by atoms with E-state index in [1.165, 1.54) is 28.6 Å². The van der Waals surface area contributed by atoms with Crippen molar-refractivity contribution in [1.82, 2.24) is 4.98 Å². The van der Waals surface area contributed by atoms with Crippen LogP contribution in [0.3, 0.4) is 0 Å². The molecule has 3 rings (SSSR count). The highest BCUT2D eigenvalue weighted by Gasteiger charge is 2.24. The van der Waals surface area contributed by atoms with Crippen molar-refractivity contribution in [2.24, 2.45) is 0 Å². The van der Waals surface area contributed by atoms with Crippen LogP contribution in [0.5, 0.6) is 0 Å². The number of nitrogens with zero attached hydrogens (tertiary/aromatic N) is 2. The molecule has 7 heteroatoms. The molecule has 0 amide bonds. The number of hydrogen-bond acceptors (Lipinski definition) is 5. The minimum absolute atomic E-state index is 0.0156. The van der Waals surface area contributed by atoms with Crippen LogP contribution in [0.25, 0.3) is 0 Å². The first-order valence-corrected chi connectivity index (χ1v) is 10.2. The van der Waals surface area contributed by atoms with Gasteiger partial charge in [0.2, 0.25) is 0 Å². The number of anilines is 1. The summed E-state index contributed by atoms with van der Waals surface area (Å²) in [6, 6.07) is 20.0. The van der Waals surface area contributed by atoms with E-state index in [2.05, 4.69) is 4.98 Å². The highest BCUT2D eigenvalue weighted by atomic mass is 32.2. The van der Waals surface area contributed by atoms with Crippen molar-refractivity contribution in [3.8, 4) is 0 Å². The van der Waals surface area contributed by atoms with Crippen molar-refractivity contribution in [3.63, 3.8) is 0 Å². The molecule has 28 heavy (non-hydrogen) atoms. The molecule has 1 heterocycles. The summed E-state index contributed by atoms with van der Waals surface area (Å²) in [5.41, 5.74) is 1.34. The fourth-order valence-corrected chi connectivity index (χ4v) is 4.22. The first-order valence-electron chi connectivity index (χ1n) is 8.77. The normalized spacial score (nSPS) is 11.0. The maximum atomic E-state index is 13.1. The minimum atomic E-state index is -3.81. The molecule has 0 fully saturated rings. The Labute approximate surface area is 164 Å². The largest absolute Gasteiger partial charge is 0.456 e. The van der Waals surface area contributed by atoms with Crippen molar-refractivity contribution >= 4 is 21.7 Å². The Hall–Kier alpha value is -3.19. The topological polar surface area (TPSA) is 76.6 Å². The van der Waals surface area contributed by atoms with Gasteiger partial charge in [0.25, 0.3) is 10.0 Å². The lowest BCUT2D eigenvalue weighted by atomic mass is 10.2. The highest BCUT2D eigenvalue weighted by Crippen LogP contribution is 2.24. The van der Waals surface area contributed by atoms with Crippen LogP contribution in [0.4, 0.5) is 5.69 Å². The zero-order valence-corrected chi connectivity index (χ0v) is 16.2. The van der Waals surface area contributed by atoms with Gasteiger partial charge >= 0.3 is 5.97 Å². The zero-order valence-electron chi connectivity index (χ0n) is 15.4. The Bertz CT molecular complexity index is 1040. The highest BCUT2D eigenvalue weighted by molar-refractivity contribution is 7.92. The predicted molar refractivity (Wildman–Crippen MR) is 106 cm³/mol. The van der Waals surface area contributed by atoms with Crippen molar-refractivity contribution < 1.29 is 17.9 Å². The summed E-state index contributed by atoms with van der Waals surface area (Å²) in [7, 11) is -3.81. The van der Waals surface area contributed by atoms with E-state index in [0.717, 1.165) is 0 Å². The number of pyridine rings is 1. The molecule has 144 valence electrons. The van der Waals surface area contributed by atoms with Crippen LogP contribution in [-0.2, 0) is 21.4 Å². The van der Waals surface area contributed by atoms with Gasteiger partial charge in [-0.1, -0.05) is 30.3 Å². The summed E-state index contributed by atoms with van der Waals surface area (Å²) < 4.78 is 32.7. The average Bonchev–Trinajstić information content (AvgIpc) is 2.74. The number of hydrogen-bond donors (Lipinski definition) is 0. The average molecular weight is 396 g/mol. The lowest BCUT2D eigenvalue weighted by Gasteiger charge is -2.23. The van der Waals surface area contributed by atoms with Crippen LogP contribution in [0.2, 0.25) is 0 Å². The molecule has 0 saturated heterocycles. The Morgan fingerprint density at radius 1 is 1.00 bits per heavy atom. The first kappa shape index (κ1) is 19.6. The van der Waals surface area contributed by atoms with Crippen molar-refractivity contribution in [3.05, 3.63) is 90.3 Å². The number of benzene rings is 2. The van der Waals surface area contributed by atoms with Crippen molar-refractivity contribution in [2.75, 3.05) is 10.8 Å². The van der Waals surface area contributed by atoms with Gasteiger partial charge in [-0.3, -0.25) is 9.29 Å². The van der Waals surface area contributed by atoms with Crippen LogP contribution >= 0.6 is 0 Å². The zero-order chi connectivity index (χ0) is 20.0. The molecule has 0 aliphatic rings. The van der Waals surface area contributed by atoms with Gasteiger partial charge in [-0.15, -0.1) is 0 Å². The molecule has 6 nitrogen and oxygen atoms in total. The second-order valence-electron chi connectivity index (χ2n) is 5.93. The number of sulfonamides is 1. The smallest absolute Gasteiger partial charge is 0.338 e. The van der Waals surface area contributed by atoms with Gasteiger partial charge in [-0.2, -0.15) is 0 Å². The molecule has 0 aliphatic carbocycles. The van der Waals surface area contributed by atoms with Gasteiger partial charge in [0, 0.05) is 12.7 Å². The van der Waals surface area contributed by atoms with Crippen LogP contribution in [0.1, 0.15) is 23.0 Å². The number of para-hydroxylation sites is 1. The molecule has 2 aromatic carbocycles. The maximum absolute atomic E-state index is 13.1. The van der Waals surface area contributed by atoms with Gasteiger partial charge in [0.05, 0.1) is 21.8 Å². The predicted octanol–water partition coefficient (Wildman–Crippen LogP) is 3.65. The van der Waals surface area contributed by atoms with Gasteiger partial charge in [-0.05, 0) is 49.4 Å². The van der Waals surface area contributed by atoms with E-state index in [1.54, 1.807) is 55.6 Å². The van der Waals surface area contributed by atoms with Gasteiger partial charge in [0.15, 0.2) is 0 Å². The van der Waals surface area contributed by atoms with Crippen LogP contribution in [-0.4, -0.2) is 25.9 Å². The molecule has 0 radical (unpaired) electrons. The van der Waals surface area contributed by atoms with Crippen molar-refractivity contribution in [2.45, 2.75) is 18.4 Å². The Balaban J connectivity index is 1.82. The first-order chi connectivity index (χ1) is 13.5. The second-order valence-corrected chi connectivity index (χ2v) is 7.79. The summed E-state index contributed by atoms with van der Waals surface area (Å²) in [5.74, 6) is -0.606. The number of carbonyl (C=O) groups is 1. The standard InChI is InChI=1S/C21H20N2O4S/c1-2-23(19-11-4-3-5-12-19)28(25,26)20-13-8-9-17(15-20)21(24)27-16-18-10-6-7-14-22-18/h3-15H,2,16H2,1H3. The SMILES string of the molecule is CCN(c1ccccc1)S(=O)(=O)c1cccc(C(=O)OCc2ccccn2)c1. The van der Waals surface area contributed by atoms with Crippen LogP contribution < -0.4 is 4.31 Å². The molecule has 0 saturated carbocycles. The molecule has 0 unspecified atom stereocenters. The van der Waals surface area contributed by atoms with Gasteiger partial charge < -0.3 is 4.74 Å². The van der Waals surface area contributed by atoms with E-state index in [9.17, 15) is 13.2 Å². The summed E-state index contributed by atoms with van der Waals surface area (Å²) >= 11 is 0. The molecular formula is C21H20N2O4S. The van der Waals surface area contributed by atoms with Gasteiger partial charge in [-0.25, -0.2) is 13.2 Å². The molecule has 0 spiro atoms. The summed E-state index contributed by atoms with van der Waals surface area (Å²) in [6.07, 6.45) is 1.61. The molecule has 0 bridgehead atoms. The molecule has 1 aromatic heterocycles. The second kappa shape index (κ2) is 8.67. The molecule has 0 aliphatic heterocycles.